The first-order valence-electron chi connectivity index (χ1n) is 5.01. The van der Waals surface area contributed by atoms with Crippen molar-refractivity contribution in [2.75, 3.05) is 6.61 Å². The van der Waals surface area contributed by atoms with Gasteiger partial charge in [-0.05, 0) is 6.92 Å². The maximum atomic E-state index is 11.1. The van der Waals surface area contributed by atoms with Gasteiger partial charge >= 0.3 is 0 Å². The van der Waals surface area contributed by atoms with Gasteiger partial charge in [0.25, 0.3) is 0 Å². The van der Waals surface area contributed by atoms with Crippen molar-refractivity contribution in [2.24, 2.45) is 0 Å². The fourth-order valence-corrected chi connectivity index (χ4v) is 2.29. The second kappa shape index (κ2) is 5.65. The van der Waals surface area contributed by atoms with Crippen molar-refractivity contribution in [2.45, 2.75) is 32.2 Å². The van der Waals surface area contributed by atoms with Crippen LogP contribution in [0.4, 0.5) is 0 Å². The van der Waals surface area contributed by atoms with Gasteiger partial charge in [0.1, 0.15) is 18.3 Å². The first-order valence-corrected chi connectivity index (χ1v) is 5.83. The van der Waals surface area contributed by atoms with Gasteiger partial charge < -0.3 is 20.4 Å². The molecule has 0 unspecified atom stereocenters. The highest BCUT2D eigenvalue weighted by atomic mass is 32.1. The van der Waals surface area contributed by atoms with Gasteiger partial charge in [0.15, 0.2) is 10.8 Å². The molecule has 4 N–H and O–H groups in total. The molecule has 0 amide bonds. The van der Waals surface area contributed by atoms with E-state index in [9.17, 15) is 20.1 Å². The summed E-state index contributed by atoms with van der Waals surface area (Å²) in [5, 5.41) is 37.5. The zero-order valence-corrected chi connectivity index (χ0v) is 10.3. The highest BCUT2D eigenvalue weighted by molar-refractivity contribution is 7.13. The van der Waals surface area contributed by atoms with E-state index in [1.54, 1.807) is 6.92 Å². The molecule has 7 heteroatoms. The third-order valence-electron chi connectivity index (χ3n) is 2.31. The van der Waals surface area contributed by atoms with Crippen molar-refractivity contribution in [3.05, 3.63) is 15.6 Å². The van der Waals surface area contributed by atoms with Gasteiger partial charge in [-0.15, -0.1) is 11.3 Å². The van der Waals surface area contributed by atoms with E-state index in [2.05, 4.69) is 4.98 Å². The van der Waals surface area contributed by atoms with E-state index in [4.69, 9.17) is 5.11 Å². The Morgan fingerprint density at radius 3 is 2.41 bits per heavy atom. The summed E-state index contributed by atoms with van der Waals surface area (Å²) in [7, 11) is 0. The molecule has 17 heavy (non-hydrogen) atoms. The molecule has 0 aliphatic carbocycles. The van der Waals surface area contributed by atoms with Crippen LogP contribution < -0.4 is 0 Å². The SMILES string of the molecule is CC(=O)c1nc(C)c([C@@H](O)[C@H](O)[C@H](O)CO)s1. The smallest absolute Gasteiger partial charge is 0.188 e. The van der Waals surface area contributed by atoms with Crippen molar-refractivity contribution in [3.63, 3.8) is 0 Å². The Morgan fingerprint density at radius 2 is 2.00 bits per heavy atom. The summed E-state index contributed by atoms with van der Waals surface area (Å²) >= 11 is 0.969. The largest absolute Gasteiger partial charge is 0.394 e. The Kier molecular flexibility index (Phi) is 4.72. The molecule has 96 valence electrons. The maximum absolute atomic E-state index is 11.1. The van der Waals surface area contributed by atoms with Gasteiger partial charge in [-0.3, -0.25) is 4.79 Å². The zero-order chi connectivity index (χ0) is 13.2. The van der Waals surface area contributed by atoms with Crippen LogP contribution in [0.25, 0.3) is 0 Å². The lowest BCUT2D eigenvalue weighted by Gasteiger charge is -2.20. The fourth-order valence-electron chi connectivity index (χ4n) is 1.31. The molecule has 0 spiro atoms. The molecule has 0 fully saturated rings. The number of hydrogen-bond donors (Lipinski definition) is 4. The summed E-state index contributed by atoms with van der Waals surface area (Å²) < 4.78 is 0. The van der Waals surface area contributed by atoms with Gasteiger partial charge in [-0.2, -0.15) is 0 Å². The number of aryl methyl sites for hydroxylation is 1. The van der Waals surface area contributed by atoms with Gasteiger partial charge in [0, 0.05) is 6.92 Å². The summed E-state index contributed by atoms with van der Waals surface area (Å²) in [6.07, 6.45) is -4.33. The normalized spacial score (nSPS) is 16.6. The molecule has 0 saturated carbocycles. The van der Waals surface area contributed by atoms with Crippen LogP contribution in [-0.4, -0.2) is 50.0 Å². The molecule has 0 aliphatic heterocycles. The number of nitrogens with zero attached hydrogens (tertiary/aromatic N) is 1. The van der Waals surface area contributed by atoms with Crippen LogP contribution in [-0.2, 0) is 0 Å². The third-order valence-corrected chi connectivity index (χ3v) is 3.64. The van der Waals surface area contributed by atoms with Gasteiger partial charge in [-0.1, -0.05) is 0 Å². The van der Waals surface area contributed by atoms with E-state index in [0.29, 0.717) is 10.6 Å². The standard InChI is InChI=1S/C10H15NO5S/c1-4-9(17-10(11-4)5(2)13)8(16)7(15)6(14)3-12/h6-8,12,14-16H,3H2,1-2H3/t6-,7-,8+/m1/s1. The topological polar surface area (TPSA) is 111 Å². The molecular weight excluding hydrogens is 246 g/mol. The molecule has 1 heterocycles. The van der Waals surface area contributed by atoms with Crippen LogP contribution in [0.15, 0.2) is 0 Å². The number of ketones is 1. The molecule has 1 aromatic heterocycles. The lowest BCUT2D eigenvalue weighted by atomic mass is 10.1. The molecule has 0 radical (unpaired) electrons. The first-order chi connectivity index (χ1) is 7.88. The number of carbonyl (C=O) groups excluding carboxylic acids is 1. The van der Waals surface area contributed by atoms with E-state index in [1.807, 2.05) is 0 Å². The number of aliphatic hydroxyl groups is 4. The predicted octanol–water partition coefficient (Wildman–Crippen LogP) is -0.598. The van der Waals surface area contributed by atoms with Crippen molar-refractivity contribution in [3.8, 4) is 0 Å². The minimum absolute atomic E-state index is 0.228. The second-order valence-corrected chi connectivity index (χ2v) is 4.74. The number of aliphatic hydroxyl groups excluding tert-OH is 4. The summed E-state index contributed by atoms with van der Waals surface area (Å²) in [4.78, 5) is 15.4. The molecule has 3 atom stereocenters. The van der Waals surface area contributed by atoms with E-state index in [0.717, 1.165) is 11.3 Å². The molecule has 1 rings (SSSR count). The van der Waals surface area contributed by atoms with Gasteiger partial charge in [0.2, 0.25) is 0 Å². The fraction of sp³-hybridized carbons (Fsp3) is 0.600. The predicted molar refractivity (Wildman–Crippen MR) is 60.9 cm³/mol. The Bertz CT molecular complexity index is 405. The van der Waals surface area contributed by atoms with E-state index >= 15 is 0 Å². The Morgan fingerprint density at radius 1 is 1.41 bits per heavy atom. The second-order valence-electron chi connectivity index (χ2n) is 3.71. The lowest BCUT2D eigenvalue weighted by Crippen LogP contribution is -2.34. The summed E-state index contributed by atoms with van der Waals surface area (Å²) in [5.74, 6) is -0.228. The highest BCUT2D eigenvalue weighted by Gasteiger charge is 2.29. The van der Waals surface area contributed by atoms with Crippen LogP contribution in [0, 0.1) is 6.92 Å². The van der Waals surface area contributed by atoms with Crippen LogP contribution in [0.5, 0.6) is 0 Å². The van der Waals surface area contributed by atoms with Gasteiger partial charge in [-0.25, -0.2) is 4.98 Å². The molecular formula is C10H15NO5S. The Labute approximate surface area is 102 Å². The van der Waals surface area contributed by atoms with Crippen molar-refractivity contribution in [1.29, 1.82) is 0 Å². The van der Waals surface area contributed by atoms with E-state index < -0.39 is 24.9 Å². The first kappa shape index (κ1) is 14.2. The lowest BCUT2D eigenvalue weighted by molar-refractivity contribution is -0.0767. The number of thiazole rings is 1. The molecule has 0 bridgehead atoms. The number of Topliss-reactive ketones (excluding diaryl/α,β-unsaturated/α-hetero) is 1. The van der Waals surface area contributed by atoms with E-state index in [-0.39, 0.29) is 10.8 Å². The van der Waals surface area contributed by atoms with Gasteiger partial charge in [0.05, 0.1) is 17.2 Å². The number of rotatable bonds is 5. The third kappa shape index (κ3) is 3.08. The van der Waals surface area contributed by atoms with Crippen LogP contribution >= 0.6 is 11.3 Å². The molecule has 0 saturated heterocycles. The molecule has 6 nitrogen and oxygen atoms in total. The number of hydrogen-bond acceptors (Lipinski definition) is 7. The number of carbonyl (C=O) groups is 1. The van der Waals surface area contributed by atoms with Crippen LogP contribution in [0.2, 0.25) is 0 Å². The Balaban J connectivity index is 2.95. The summed E-state index contributed by atoms with van der Waals surface area (Å²) in [6, 6.07) is 0. The molecule has 1 aromatic rings. The van der Waals surface area contributed by atoms with Crippen LogP contribution in [0.1, 0.15) is 33.4 Å². The van der Waals surface area contributed by atoms with E-state index in [1.165, 1.54) is 6.92 Å². The van der Waals surface area contributed by atoms with Crippen LogP contribution in [0.3, 0.4) is 0 Å². The quantitative estimate of drug-likeness (QED) is 0.527. The number of aromatic nitrogens is 1. The van der Waals surface area contributed by atoms with Crippen molar-refractivity contribution >= 4 is 17.1 Å². The molecule has 0 aliphatic rings. The average molecular weight is 261 g/mol. The molecule has 0 aromatic carbocycles. The minimum Gasteiger partial charge on any atom is -0.394 e. The maximum Gasteiger partial charge on any atom is 0.188 e. The highest BCUT2D eigenvalue weighted by Crippen LogP contribution is 2.28. The average Bonchev–Trinajstić information content (AvgIpc) is 2.68. The Hall–Kier alpha value is -0.860. The summed E-state index contributed by atoms with van der Waals surface area (Å²) in [6.45, 7) is 2.29. The van der Waals surface area contributed by atoms with Crippen molar-refractivity contribution < 1.29 is 25.2 Å². The zero-order valence-electron chi connectivity index (χ0n) is 9.49. The monoisotopic (exact) mass is 261 g/mol. The van der Waals surface area contributed by atoms with Crippen molar-refractivity contribution in [1.82, 2.24) is 4.98 Å². The summed E-state index contributed by atoms with van der Waals surface area (Å²) in [5.41, 5.74) is 0.428. The minimum atomic E-state index is -1.51.